The summed E-state index contributed by atoms with van der Waals surface area (Å²) in [5, 5.41) is 3.31. The number of rotatable bonds is 3. The average molecular weight is 421 g/mol. The summed E-state index contributed by atoms with van der Waals surface area (Å²) in [5.41, 5.74) is 1.51. The zero-order valence-electron chi connectivity index (χ0n) is 19.0. The van der Waals surface area contributed by atoms with Crippen LogP contribution in [0.3, 0.4) is 0 Å². The largest absolute Gasteiger partial charge is 0.353 e. The highest BCUT2D eigenvalue weighted by atomic mass is 16.2. The third-order valence-electron chi connectivity index (χ3n) is 9.78. The van der Waals surface area contributed by atoms with Crippen LogP contribution in [0.15, 0.2) is 35.3 Å². The Hall–Kier alpha value is -1.97. The lowest BCUT2D eigenvalue weighted by Gasteiger charge is -2.60. The van der Waals surface area contributed by atoms with Crippen molar-refractivity contribution >= 4 is 18.0 Å². The minimum atomic E-state index is 0.0714. The highest BCUT2D eigenvalue weighted by Gasteiger charge is 2.61. The van der Waals surface area contributed by atoms with E-state index in [1.807, 2.05) is 24.4 Å². The Morgan fingerprint density at radius 2 is 1.81 bits per heavy atom. The highest BCUT2D eigenvalue weighted by molar-refractivity contribution is 5.88. The summed E-state index contributed by atoms with van der Waals surface area (Å²) in [4.78, 5) is 29.5. The molecule has 2 amide bonds. The molecule has 7 atom stereocenters. The Morgan fingerprint density at radius 3 is 2.61 bits per heavy atom. The van der Waals surface area contributed by atoms with Crippen LogP contribution in [0.4, 0.5) is 0 Å². The lowest BCUT2D eigenvalue weighted by molar-refractivity contribution is -0.140. The van der Waals surface area contributed by atoms with Crippen molar-refractivity contribution < 1.29 is 9.59 Å². The SMILES string of the molecule is C[C@]12CCC(=O)NC1CC[C@@H]1[C@H]2CC[C@]2(C)C(C(=O)N=CCc3ccccc3)CC[C@@H]12. The molecule has 0 aromatic heterocycles. The average Bonchev–Trinajstić information content (AvgIpc) is 3.12. The predicted octanol–water partition coefficient (Wildman–Crippen LogP) is 4.96. The zero-order chi connectivity index (χ0) is 21.6. The third-order valence-corrected chi connectivity index (χ3v) is 9.78. The number of fused-ring (bicyclic) bond motifs is 5. The van der Waals surface area contributed by atoms with Crippen molar-refractivity contribution in [1.82, 2.24) is 5.32 Å². The molecule has 5 rings (SSSR count). The van der Waals surface area contributed by atoms with Crippen molar-refractivity contribution in [1.29, 1.82) is 0 Å². The fourth-order valence-electron chi connectivity index (χ4n) is 8.05. The summed E-state index contributed by atoms with van der Waals surface area (Å²) < 4.78 is 0. The number of carbonyl (C=O) groups is 2. The molecule has 3 saturated carbocycles. The second-order valence-corrected chi connectivity index (χ2v) is 11.1. The minimum Gasteiger partial charge on any atom is -0.353 e. The molecule has 31 heavy (non-hydrogen) atoms. The molecule has 0 bridgehead atoms. The predicted molar refractivity (Wildman–Crippen MR) is 123 cm³/mol. The summed E-state index contributed by atoms with van der Waals surface area (Å²) >= 11 is 0. The van der Waals surface area contributed by atoms with E-state index in [1.54, 1.807) is 0 Å². The maximum absolute atomic E-state index is 13.1. The minimum absolute atomic E-state index is 0.0714. The molecular weight excluding hydrogens is 384 g/mol. The summed E-state index contributed by atoms with van der Waals surface area (Å²) in [6, 6.07) is 10.6. The molecule has 2 unspecified atom stereocenters. The van der Waals surface area contributed by atoms with Crippen LogP contribution >= 0.6 is 0 Å². The Labute approximate surface area is 186 Å². The first-order chi connectivity index (χ1) is 14.9. The Bertz CT molecular complexity index is 880. The number of hydrogen-bond acceptors (Lipinski definition) is 2. The fourth-order valence-corrected chi connectivity index (χ4v) is 8.05. The number of carbonyl (C=O) groups excluding carboxylic acids is 2. The van der Waals surface area contributed by atoms with E-state index in [0.29, 0.717) is 30.2 Å². The van der Waals surface area contributed by atoms with Crippen LogP contribution in [-0.2, 0) is 16.0 Å². The summed E-state index contributed by atoms with van der Waals surface area (Å²) in [6.45, 7) is 4.81. The molecule has 1 saturated heterocycles. The molecule has 0 spiro atoms. The Kier molecular flexibility index (Phi) is 5.30. The molecule has 0 radical (unpaired) electrons. The molecule has 4 fully saturated rings. The van der Waals surface area contributed by atoms with Crippen LogP contribution in [0, 0.1) is 34.5 Å². The molecule has 1 heterocycles. The number of piperidine rings is 1. The van der Waals surface area contributed by atoms with Crippen molar-refractivity contribution in [3.8, 4) is 0 Å². The van der Waals surface area contributed by atoms with Crippen LogP contribution in [0.1, 0.15) is 70.8 Å². The van der Waals surface area contributed by atoms with Gasteiger partial charge in [0.2, 0.25) is 11.8 Å². The quantitative estimate of drug-likeness (QED) is 0.702. The standard InChI is InChI=1S/C27H36N2O2/c1-26-15-12-21-19(8-11-23-27(21,2)16-13-24(30)29-23)20(26)9-10-22(26)25(31)28-17-14-18-6-4-3-5-7-18/h3-7,17,19-23H,8-16H2,1-2H3,(H,29,30)/t19-,20-,21+,22?,23?,26-,27+/m0/s1. The monoisotopic (exact) mass is 420 g/mol. The van der Waals surface area contributed by atoms with Crippen LogP contribution in [-0.4, -0.2) is 24.1 Å². The fraction of sp³-hybridized carbons (Fsp3) is 0.667. The van der Waals surface area contributed by atoms with Gasteiger partial charge in [-0.3, -0.25) is 9.59 Å². The first kappa shape index (κ1) is 20.9. The molecule has 1 aromatic rings. The van der Waals surface area contributed by atoms with Crippen molar-refractivity contribution in [3.63, 3.8) is 0 Å². The van der Waals surface area contributed by atoms with Gasteiger partial charge < -0.3 is 5.32 Å². The molecule has 166 valence electrons. The Morgan fingerprint density at radius 1 is 1.03 bits per heavy atom. The first-order valence-electron chi connectivity index (χ1n) is 12.3. The zero-order valence-corrected chi connectivity index (χ0v) is 19.0. The summed E-state index contributed by atoms with van der Waals surface area (Å²) in [5.74, 6) is 2.41. The summed E-state index contributed by atoms with van der Waals surface area (Å²) in [7, 11) is 0. The van der Waals surface area contributed by atoms with Crippen molar-refractivity contribution in [2.24, 2.45) is 39.5 Å². The van der Waals surface area contributed by atoms with Crippen molar-refractivity contribution in [2.45, 2.75) is 77.7 Å². The molecule has 4 aliphatic rings. The molecule has 4 nitrogen and oxygen atoms in total. The van der Waals surface area contributed by atoms with Gasteiger partial charge in [-0.05, 0) is 79.1 Å². The lowest BCUT2D eigenvalue weighted by Crippen LogP contribution is -2.61. The molecular formula is C27H36N2O2. The topological polar surface area (TPSA) is 58.5 Å². The molecule has 1 N–H and O–H groups in total. The van der Waals surface area contributed by atoms with Gasteiger partial charge in [-0.15, -0.1) is 0 Å². The van der Waals surface area contributed by atoms with Crippen molar-refractivity contribution in [3.05, 3.63) is 35.9 Å². The van der Waals surface area contributed by atoms with E-state index in [0.717, 1.165) is 38.5 Å². The molecule has 1 aromatic carbocycles. The number of aliphatic imine (C=N–C) groups is 1. The molecule has 1 aliphatic heterocycles. The van der Waals surface area contributed by atoms with Crippen LogP contribution in [0.5, 0.6) is 0 Å². The Balaban J connectivity index is 1.30. The highest BCUT2D eigenvalue weighted by Crippen LogP contribution is 2.65. The van der Waals surface area contributed by atoms with E-state index in [4.69, 9.17) is 0 Å². The number of nitrogens with zero attached hydrogens (tertiary/aromatic N) is 1. The lowest BCUT2D eigenvalue weighted by atomic mass is 9.47. The van der Waals surface area contributed by atoms with E-state index in [2.05, 4.69) is 36.3 Å². The van der Waals surface area contributed by atoms with Gasteiger partial charge in [0, 0.05) is 31.0 Å². The number of benzene rings is 1. The molecule has 3 aliphatic carbocycles. The maximum Gasteiger partial charge on any atom is 0.249 e. The van der Waals surface area contributed by atoms with Crippen molar-refractivity contribution in [2.75, 3.05) is 0 Å². The van der Waals surface area contributed by atoms with E-state index in [1.165, 1.54) is 18.4 Å². The van der Waals surface area contributed by atoms with Gasteiger partial charge in [-0.2, -0.15) is 0 Å². The van der Waals surface area contributed by atoms with Gasteiger partial charge in [0.05, 0.1) is 0 Å². The number of nitrogens with one attached hydrogen (secondary N) is 1. The van der Waals surface area contributed by atoms with Gasteiger partial charge in [0.1, 0.15) is 0 Å². The van der Waals surface area contributed by atoms with E-state index >= 15 is 0 Å². The smallest absolute Gasteiger partial charge is 0.249 e. The van der Waals surface area contributed by atoms with Gasteiger partial charge in [0.15, 0.2) is 0 Å². The van der Waals surface area contributed by atoms with Gasteiger partial charge in [0.25, 0.3) is 0 Å². The number of amides is 2. The maximum atomic E-state index is 13.1. The third kappa shape index (κ3) is 3.47. The van der Waals surface area contributed by atoms with E-state index in [-0.39, 0.29) is 28.6 Å². The summed E-state index contributed by atoms with van der Waals surface area (Å²) in [6.07, 6.45) is 11.0. The van der Waals surface area contributed by atoms with Crippen LogP contribution in [0.2, 0.25) is 0 Å². The van der Waals surface area contributed by atoms with Crippen LogP contribution in [0.25, 0.3) is 0 Å². The first-order valence-corrected chi connectivity index (χ1v) is 12.3. The van der Waals surface area contributed by atoms with E-state index < -0.39 is 0 Å². The number of hydrogen-bond donors (Lipinski definition) is 1. The van der Waals surface area contributed by atoms with Crippen LogP contribution < -0.4 is 5.32 Å². The van der Waals surface area contributed by atoms with E-state index in [9.17, 15) is 9.59 Å². The van der Waals surface area contributed by atoms with Gasteiger partial charge in [-0.25, -0.2) is 4.99 Å². The second kappa shape index (κ2) is 7.86. The van der Waals surface area contributed by atoms with Gasteiger partial charge >= 0.3 is 0 Å². The van der Waals surface area contributed by atoms with Gasteiger partial charge in [-0.1, -0.05) is 44.2 Å². The normalized spacial score (nSPS) is 41.9. The second-order valence-electron chi connectivity index (χ2n) is 11.1. The molecule has 4 heteroatoms.